The molecule has 12 heteroatoms. The molecule has 45 heavy (non-hydrogen) atoms. The number of carboxylic acids is 1. The van der Waals surface area contributed by atoms with E-state index in [0.717, 1.165) is 74.5 Å². The number of rotatable bonds is 8. The normalized spacial score (nSPS) is 21.8. The summed E-state index contributed by atoms with van der Waals surface area (Å²) in [4.78, 5) is 42.2. The molecule has 4 atom stereocenters. The average Bonchev–Trinajstić information content (AvgIpc) is 3.59. The number of hydrogen-bond acceptors (Lipinski definition) is 6. The second-order valence-electron chi connectivity index (χ2n) is 12.1. The highest BCUT2D eigenvalue weighted by molar-refractivity contribution is 5.97. The highest BCUT2D eigenvalue weighted by atomic mass is 19.4. The van der Waals surface area contributed by atoms with Crippen LogP contribution in [0.4, 0.5) is 13.2 Å². The van der Waals surface area contributed by atoms with Crippen LogP contribution in [0.3, 0.4) is 0 Å². The largest absolute Gasteiger partial charge is 0.490 e. The lowest BCUT2D eigenvalue weighted by molar-refractivity contribution is -0.192. The van der Waals surface area contributed by atoms with Crippen LogP contribution in [0.15, 0.2) is 48.5 Å². The monoisotopic (exact) mass is 632 g/mol. The number of carbonyl (C=O) groups is 3. The van der Waals surface area contributed by atoms with Gasteiger partial charge in [-0.3, -0.25) is 14.5 Å². The summed E-state index contributed by atoms with van der Waals surface area (Å²) in [6.45, 7) is 13.7. The van der Waals surface area contributed by atoms with Crippen molar-refractivity contribution in [3.05, 3.63) is 70.8 Å². The molecule has 246 valence electrons. The molecule has 2 N–H and O–H groups in total. The minimum absolute atomic E-state index is 0.0188. The van der Waals surface area contributed by atoms with Gasteiger partial charge in [0.15, 0.2) is 0 Å². The third-order valence-corrected chi connectivity index (χ3v) is 9.01. The molecule has 0 bridgehead atoms. The first-order valence-electron chi connectivity index (χ1n) is 15.4. The molecule has 3 aliphatic heterocycles. The number of nitrogens with one attached hydrogen (secondary N) is 1. The smallest absolute Gasteiger partial charge is 0.475 e. The van der Waals surface area contributed by atoms with Gasteiger partial charge < -0.3 is 25.0 Å². The standard InChI is InChI=1S/C31H42N4O3.C2HF3O2/c1-22-8-7-9-23(2)29(22)31(37)35-20-26-18-33(19-27(26)21-35)13-12-28(25-10-5-4-6-11-25)32-30(36)24(3)34-14-16-38-17-15-34;3-2(4,5)1(6)7/h4-11,24,26-28H,12-21H2,1-3H3,(H,32,36);(H,6,7)/t24?,26-,27?,28?;/m0./s1. The fourth-order valence-electron chi connectivity index (χ4n) is 6.49. The maximum absolute atomic E-state index is 13.3. The number of nitrogens with zero attached hydrogens (tertiary/aromatic N) is 3. The Morgan fingerprint density at radius 1 is 0.933 bits per heavy atom. The number of ether oxygens (including phenoxy) is 1. The van der Waals surface area contributed by atoms with Crippen LogP contribution in [0.25, 0.3) is 0 Å². The summed E-state index contributed by atoms with van der Waals surface area (Å²) in [6, 6.07) is 16.2. The summed E-state index contributed by atoms with van der Waals surface area (Å²) in [7, 11) is 0. The molecule has 3 unspecified atom stereocenters. The van der Waals surface area contributed by atoms with Gasteiger partial charge >= 0.3 is 12.1 Å². The van der Waals surface area contributed by atoms with Crippen LogP contribution >= 0.6 is 0 Å². The molecule has 0 saturated carbocycles. The lowest BCUT2D eigenvalue weighted by Crippen LogP contribution is -2.50. The van der Waals surface area contributed by atoms with Crippen molar-refractivity contribution in [3.63, 3.8) is 0 Å². The van der Waals surface area contributed by atoms with Crippen molar-refractivity contribution < 1.29 is 37.4 Å². The van der Waals surface area contributed by atoms with E-state index in [4.69, 9.17) is 14.6 Å². The van der Waals surface area contributed by atoms with Gasteiger partial charge in [0.25, 0.3) is 5.91 Å². The molecule has 0 radical (unpaired) electrons. The number of morpholine rings is 1. The summed E-state index contributed by atoms with van der Waals surface area (Å²) in [5, 5.41) is 10.5. The Kier molecular flexibility index (Phi) is 11.6. The fourth-order valence-corrected chi connectivity index (χ4v) is 6.49. The summed E-state index contributed by atoms with van der Waals surface area (Å²) >= 11 is 0. The van der Waals surface area contributed by atoms with Gasteiger partial charge in [-0.1, -0.05) is 48.5 Å². The zero-order chi connectivity index (χ0) is 32.7. The number of hydrogen-bond donors (Lipinski definition) is 2. The maximum Gasteiger partial charge on any atom is 0.490 e. The number of fused-ring (bicyclic) bond motifs is 1. The molecule has 3 fully saturated rings. The predicted molar refractivity (Wildman–Crippen MR) is 163 cm³/mol. The average molecular weight is 633 g/mol. The minimum Gasteiger partial charge on any atom is -0.475 e. The number of likely N-dealkylation sites (tertiary alicyclic amines) is 2. The van der Waals surface area contributed by atoms with Crippen LogP contribution in [-0.4, -0.2) is 109 Å². The number of alkyl halides is 3. The van der Waals surface area contributed by atoms with Crippen LogP contribution in [0, 0.1) is 25.7 Å². The Hall–Kier alpha value is -3.48. The molecule has 3 heterocycles. The molecular formula is C33H43F3N4O5. The zero-order valence-electron chi connectivity index (χ0n) is 26.1. The van der Waals surface area contributed by atoms with E-state index in [0.29, 0.717) is 25.0 Å². The van der Waals surface area contributed by atoms with Gasteiger partial charge in [-0.2, -0.15) is 13.2 Å². The van der Waals surface area contributed by atoms with E-state index in [2.05, 4.69) is 32.1 Å². The fraction of sp³-hybridized carbons (Fsp3) is 0.545. The maximum atomic E-state index is 13.3. The van der Waals surface area contributed by atoms with Gasteiger partial charge in [0.1, 0.15) is 0 Å². The molecule has 3 aliphatic rings. The van der Waals surface area contributed by atoms with Crippen molar-refractivity contribution >= 4 is 17.8 Å². The van der Waals surface area contributed by atoms with Gasteiger partial charge in [-0.15, -0.1) is 0 Å². The molecule has 0 aromatic heterocycles. The van der Waals surface area contributed by atoms with Gasteiger partial charge in [0.2, 0.25) is 5.91 Å². The number of aryl methyl sites for hydroxylation is 2. The van der Waals surface area contributed by atoms with Gasteiger partial charge in [0.05, 0.1) is 25.3 Å². The first-order chi connectivity index (χ1) is 21.3. The summed E-state index contributed by atoms with van der Waals surface area (Å²) in [6.07, 6.45) is -4.21. The number of benzene rings is 2. The van der Waals surface area contributed by atoms with E-state index in [9.17, 15) is 22.8 Å². The summed E-state index contributed by atoms with van der Waals surface area (Å²) in [5.74, 6) is -1.45. The van der Waals surface area contributed by atoms with E-state index in [-0.39, 0.29) is 23.9 Å². The number of carboxylic acid groups (broad SMARTS) is 1. The Morgan fingerprint density at radius 3 is 2.02 bits per heavy atom. The van der Waals surface area contributed by atoms with Crippen LogP contribution in [0.5, 0.6) is 0 Å². The van der Waals surface area contributed by atoms with E-state index in [1.165, 1.54) is 0 Å². The Morgan fingerprint density at radius 2 is 1.49 bits per heavy atom. The predicted octanol–water partition coefficient (Wildman–Crippen LogP) is 3.91. The van der Waals surface area contributed by atoms with Gasteiger partial charge in [-0.05, 0) is 55.7 Å². The Bertz CT molecular complexity index is 1280. The van der Waals surface area contributed by atoms with E-state index < -0.39 is 12.1 Å². The molecule has 0 spiro atoms. The molecule has 3 saturated heterocycles. The van der Waals surface area contributed by atoms with Gasteiger partial charge in [0, 0.05) is 51.4 Å². The number of halogens is 3. The van der Waals surface area contributed by atoms with Crippen LogP contribution in [0.1, 0.15) is 46.4 Å². The van der Waals surface area contributed by atoms with Gasteiger partial charge in [-0.25, -0.2) is 4.79 Å². The molecule has 2 aromatic carbocycles. The molecule has 9 nitrogen and oxygen atoms in total. The van der Waals surface area contributed by atoms with Crippen molar-refractivity contribution in [3.8, 4) is 0 Å². The quantitative estimate of drug-likeness (QED) is 0.455. The third kappa shape index (κ3) is 9.05. The van der Waals surface area contributed by atoms with E-state index >= 15 is 0 Å². The molecular weight excluding hydrogens is 589 g/mol. The van der Waals surface area contributed by atoms with E-state index in [1.54, 1.807) is 0 Å². The second kappa shape index (κ2) is 15.2. The van der Waals surface area contributed by atoms with Crippen LogP contribution in [0.2, 0.25) is 0 Å². The number of carbonyl (C=O) groups excluding carboxylic acids is 2. The topological polar surface area (TPSA) is 102 Å². The molecule has 2 amide bonds. The van der Waals surface area contributed by atoms with Crippen molar-refractivity contribution in [2.75, 3.05) is 59.0 Å². The zero-order valence-corrected chi connectivity index (χ0v) is 26.1. The highest BCUT2D eigenvalue weighted by Crippen LogP contribution is 2.33. The minimum atomic E-state index is -5.08. The summed E-state index contributed by atoms with van der Waals surface area (Å²) in [5.41, 5.74) is 4.15. The number of aliphatic carboxylic acids is 1. The highest BCUT2D eigenvalue weighted by Gasteiger charge is 2.42. The van der Waals surface area contributed by atoms with Crippen LogP contribution in [-0.2, 0) is 14.3 Å². The first kappa shape index (κ1) is 34.4. The SMILES string of the molecule is Cc1cccc(C)c1C(=O)N1CC2CN(CCC(NC(=O)C(C)N3CCOCC3)c3ccccc3)C[C@H]2C1.O=C(O)C(F)(F)F. The second-order valence-corrected chi connectivity index (χ2v) is 12.1. The lowest BCUT2D eigenvalue weighted by atomic mass is 10.0. The van der Waals surface area contributed by atoms with Crippen molar-refractivity contribution in [2.45, 2.75) is 45.5 Å². The molecule has 5 rings (SSSR count). The first-order valence-corrected chi connectivity index (χ1v) is 15.4. The summed E-state index contributed by atoms with van der Waals surface area (Å²) < 4.78 is 37.2. The van der Waals surface area contributed by atoms with Crippen molar-refractivity contribution in [1.29, 1.82) is 0 Å². The van der Waals surface area contributed by atoms with Crippen LogP contribution < -0.4 is 5.32 Å². The Labute approximate surface area is 262 Å². The van der Waals surface area contributed by atoms with E-state index in [1.807, 2.05) is 57.2 Å². The molecule has 2 aromatic rings. The third-order valence-electron chi connectivity index (χ3n) is 9.01. The number of amides is 2. The Balaban J connectivity index is 0.000000591. The lowest BCUT2D eigenvalue weighted by Gasteiger charge is -2.32. The van der Waals surface area contributed by atoms with Crippen molar-refractivity contribution in [2.24, 2.45) is 11.8 Å². The van der Waals surface area contributed by atoms with Crippen molar-refractivity contribution in [1.82, 2.24) is 20.0 Å². The molecule has 0 aliphatic carbocycles.